The summed E-state index contributed by atoms with van der Waals surface area (Å²) in [6.45, 7) is 2.26. The lowest BCUT2D eigenvalue weighted by molar-refractivity contribution is 0.364. The molecule has 2 rings (SSSR count). The van der Waals surface area contributed by atoms with E-state index in [2.05, 4.69) is 5.32 Å². The minimum Gasteiger partial charge on any atom is -0.496 e. The van der Waals surface area contributed by atoms with Crippen molar-refractivity contribution in [3.05, 3.63) is 28.8 Å². The molecule has 0 spiro atoms. The predicted octanol–water partition coefficient (Wildman–Crippen LogP) is 2.89. The fourth-order valence-electron chi connectivity index (χ4n) is 2.32. The van der Waals surface area contributed by atoms with Gasteiger partial charge in [-0.25, -0.2) is 0 Å². The highest BCUT2D eigenvalue weighted by Gasteiger charge is 2.15. The van der Waals surface area contributed by atoms with Crippen molar-refractivity contribution in [2.75, 3.05) is 20.2 Å². The van der Waals surface area contributed by atoms with Crippen LogP contribution >= 0.6 is 11.6 Å². The highest BCUT2D eigenvalue weighted by atomic mass is 35.5. The van der Waals surface area contributed by atoms with Gasteiger partial charge in [-0.2, -0.15) is 0 Å². The lowest BCUT2D eigenvalue weighted by Gasteiger charge is -2.23. The quantitative estimate of drug-likeness (QED) is 0.876. The number of piperidine rings is 1. The van der Waals surface area contributed by atoms with Crippen LogP contribution in [0.25, 0.3) is 0 Å². The van der Waals surface area contributed by atoms with Crippen LogP contribution in [-0.2, 0) is 6.42 Å². The average Bonchev–Trinajstić information content (AvgIpc) is 2.31. The molecule has 1 fully saturated rings. The summed E-state index contributed by atoms with van der Waals surface area (Å²) >= 11 is 6.02. The van der Waals surface area contributed by atoms with Gasteiger partial charge in [-0.05, 0) is 62.0 Å². The summed E-state index contributed by atoms with van der Waals surface area (Å²) < 4.78 is 5.36. The lowest BCUT2D eigenvalue weighted by atomic mass is 9.92. The Labute approximate surface area is 102 Å². The summed E-state index contributed by atoms with van der Waals surface area (Å²) in [6, 6.07) is 5.85. The molecule has 88 valence electrons. The van der Waals surface area contributed by atoms with E-state index < -0.39 is 0 Å². The topological polar surface area (TPSA) is 21.3 Å². The fraction of sp³-hybridized carbons (Fsp3) is 0.538. The Bertz CT molecular complexity index is 348. The minimum absolute atomic E-state index is 0.709. The molecule has 16 heavy (non-hydrogen) atoms. The van der Waals surface area contributed by atoms with E-state index in [0.29, 0.717) is 5.92 Å². The van der Waals surface area contributed by atoms with E-state index >= 15 is 0 Å². The van der Waals surface area contributed by atoms with Crippen molar-refractivity contribution >= 4 is 11.6 Å². The van der Waals surface area contributed by atoms with E-state index in [1.54, 1.807) is 7.11 Å². The number of halogens is 1. The maximum absolute atomic E-state index is 6.02. The third-order valence-electron chi connectivity index (χ3n) is 3.15. The number of benzene rings is 1. The summed E-state index contributed by atoms with van der Waals surface area (Å²) in [6.07, 6.45) is 3.62. The zero-order chi connectivity index (χ0) is 11.4. The first-order valence-electron chi connectivity index (χ1n) is 5.82. The van der Waals surface area contributed by atoms with Gasteiger partial charge in [-0.3, -0.25) is 0 Å². The van der Waals surface area contributed by atoms with Gasteiger partial charge < -0.3 is 10.1 Å². The molecule has 3 heteroatoms. The average molecular weight is 240 g/mol. The van der Waals surface area contributed by atoms with Gasteiger partial charge in [0.15, 0.2) is 0 Å². The van der Waals surface area contributed by atoms with Crippen LogP contribution in [0.5, 0.6) is 5.75 Å². The minimum atomic E-state index is 0.709. The summed E-state index contributed by atoms with van der Waals surface area (Å²) in [5.74, 6) is 1.66. The van der Waals surface area contributed by atoms with Gasteiger partial charge in [0.2, 0.25) is 0 Å². The molecule has 1 N–H and O–H groups in total. The van der Waals surface area contributed by atoms with Gasteiger partial charge in [0.25, 0.3) is 0 Å². The van der Waals surface area contributed by atoms with Crippen molar-refractivity contribution in [1.29, 1.82) is 0 Å². The van der Waals surface area contributed by atoms with Crippen molar-refractivity contribution in [3.63, 3.8) is 0 Å². The molecule has 0 radical (unpaired) electrons. The molecule has 1 saturated heterocycles. The number of rotatable bonds is 3. The molecule has 0 aliphatic carbocycles. The SMILES string of the molecule is COc1ccc(Cl)cc1C[C@@H]1CCCNC1. The van der Waals surface area contributed by atoms with Crippen molar-refractivity contribution < 1.29 is 4.74 Å². The number of methoxy groups -OCH3 is 1. The van der Waals surface area contributed by atoms with Gasteiger partial charge in [0.1, 0.15) is 5.75 Å². The molecule has 1 aromatic rings. The number of hydrogen-bond acceptors (Lipinski definition) is 2. The summed E-state index contributed by atoms with van der Waals surface area (Å²) in [5, 5.41) is 4.22. The lowest BCUT2D eigenvalue weighted by Crippen LogP contribution is -2.30. The van der Waals surface area contributed by atoms with Gasteiger partial charge in [0.05, 0.1) is 7.11 Å². The van der Waals surface area contributed by atoms with Gasteiger partial charge in [0, 0.05) is 5.02 Å². The van der Waals surface area contributed by atoms with E-state index in [1.807, 2.05) is 18.2 Å². The van der Waals surface area contributed by atoms with E-state index in [-0.39, 0.29) is 0 Å². The molecule has 0 bridgehead atoms. The Morgan fingerprint density at radius 3 is 3.06 bits per heavy atom. The third kappa shape index (κ3) is 2.89. The van der Waals surface area contributed by atoms with Crippen LogP contribution < -0.4 is 10.1 Å². The zero-order valence-corrected chi connectivity index (χ0v) is 10.4. The molecule has 1 aliphatic heterocycles. The molecular weight excluding hydrogens is 222 g/mol. The molecule has 1 aliphatic rings. The van der Waals surface area contributed by atoms with Crippen LogP contribution in [0.2, 0.25) is 5.02 Å². The van der Waals surface area contributed by atoms with E-state index in [4.69, 9.17) is 16.3 Å². The molecular formula is C13H18ClNO. The number of ether oxygens (including phenoxy) is 1. The van der Waals surface area contributed by atoms with Crippen LogP contribution in [0.3, 0.4) is 0 Å². The monoisotopic (exact) mass is 239 g/mol. The second kappa shape index (κ2) is 5.55. The van der Waals surface area contributed by atoms with Crippen molar-refractivity contribution in [3.8, 4) is 5.75 Å². The largest absolute Gasteiger partial charge is 0.496 e. The molecule has 0 saturated carbocycles. The second-order valence-corrected chi connectivity index (χ2v) is 4.81. The van der Waals surface area contributed by atoms with Gasteiger partial charge in [-0.1, -0.05) is 11.6 Å². The number of nitrogens with one attached hydrogen (secondary N) is 1. The van der Waals surface area contributed by atoms with Crippen LogP contribution in [0, 0.1) is 5.92 Å². The normalized spacial score (nSPS) is 20.8. The molecule has 1 atom stereocenters. The first-order valence-corrected chi connectivity index (χ1v) is 6.20. The fourth-order valence-corrected chi connectivity index (χ4v) is 2.51. The van der Waals surface area contributed by atoms with Crippen molar-refractivity contribution in [2.45, 2.75) is 19.3 Å². The molecule has 0 aromatic heterocycles. The summed E-state index contributed by atoms with van der Waals surface area (Å²) in [4.78, 5) is 0. The molecule has 1 heterocycles. The second-order valence-electron chi connectivity index (χ2n) is 4.37. The van der Waals surface area contributed by atoms with Crippen LogP contribution in [0.15, 0.2) is 18.2 Å². The maximum Gasteiger partial charge on any atom is 0.122 e. The molecule has 1 aromatic carbocycles. The smallest absolute Gasteiger partial charge is 0.122 e. The standard InChI is InChI=1S/C13H18ClNO/c1-16-13-5-4-12(14)8-11(13)7-10-3-2-6-15-9-10/h4-5,8,10,15H,2-3,6-7,9H2,1H3/t10-/m0/s1. The molecule has 0 unspecified atom stereocenters. The van der Waals surface area contributed by atoms with Crippen LogP contribution in [0.4, 0.5) is 0 Å². The Kier molecular flexibility index (Phi) is 4.08. The van der Waals surface area contributed by atoms with Crippen molar-refractivity contribution in [2.24, 2.45) is 5.92 Å². The Morgan fingerprint density at radius 1 is 1.50 bits per heavy atom. The zero-order valence-electron chi connectivity index (χ0n) is 9.63. The molecule has 2 nitrogen and oxygen atoms in total. The Hall–Kier alpha value is -0.730. The van der Waals surface area contributed by atoms with E-state index in [0.717, 1.165) is 30.3 Å². The van der Waals surface area contributed by atoms with E-state index in [9.17, 15) is 0 Å². The Balaban J connectivity index is 2.09. The maximum atomic E-state index is 6.02. The van der Waals surface area contributed by atoms with Crippen molar-refractivity contribution in [1.82, 2.24) is 5.32 Å². The van der Waals surface area contributed by atoms with Crippen LogP contribution in [0.1, 0.15) is 18.4 Å². The highest BCUT2D eigenvalue weighted by molar-refractivity contribution is 6.30. The van der Waals surface area contributed by atoms with Gasteiger partial charge in [-0.15, -0.1) is 0 Å². The van der Waals surface area contributed by atoms with E-state index in [1.165, 1.54) is 18.4 Å². The predicted molar refractivity (Wildman–Crippen MR) is 67.3 cm³/mol. The first-order chi connectivity index (χ1) is 7.79. The first kappa shape index (κ1) is 11.7. The molecule has 0 amide bonds. The summed E-state index contributed by atoms with van der Waals surface area (Å²) in [7, 11) is 1.71. The number of hydrogen-bond donors (Lipinski definition) is 1. The van der Waals surface area contributed by atoms with Gasteiger partial charge >= 0.3 is 0 Å². The Morgan fingerprint density at radius 2 is 2.38 bits per heavy atom. The third-order valence-corrected chi connectivity index (χ3v) is 3.39. The highest BCUT2D eigenvalue weighted by Crippen LogP contribution is 2.26. The summed E-state index contributed by atoms with van der Waals surface area (Å²) in [5.41, 5.74) is 1.23. The van der Waals surface area contributed by atoms with Crippen LogP contribution in [-0.4, -0.2) is 20.2 Å².